The lowest BCUT2D eigenvalue weighted by Gasteiger charge is -2.13. The van der Waals surface area contributed by atoms with E-state index < -0.39 is 0 Å². The average Bonchev–Trinajstić information content (AvgIpc) is 2.38. The summed E-state index contributed by atoms with van der Waals surface area (Å²) in [6, 6.07) is 7.88. The van der Waals surface area contributed by atoms with Crippen molar-refractivity contribution >= 4 is 11.6 Å². The van der Waals surface area contributed by atoms with Crippen molar-refractivity contribution in [1.29, 1.82) is 0 Å². The molecule has 0 N–H and O–H groups in total. The van der Waals surface area contributed by atoms with Crippen LogP contribution in [0, 0.1) is 6.92 Å². The highest BCUT2D eigenvalue weighted by Crippen LogP contribution is 2.26. The zero-order valence-electron chi connectivity index (χ0n) is 12.3. The van der Waals surface area contributed by atoms with Gasteiger partial charge in [0.15, 0.2) is 0 Å². The van der Waals surface area contributed by atoms with Gasteiger partial charge in [-0.25, -0.2) is 9.97 Å². The first-order valence-electron chi connectivity index (χ1n) is 6.67. The number of rotatable bonds is 4. The lowest BCUT2D eigenvalue weighted by atomic mass is 10.0. The molecule has 0 aliphatic rings. The Morgan fingerprint density at radius 3 is 2.50 bits per heavy atom. The molecule has 2 aromatic rings. The minimum atomic E-state index is 0.322. The van der Waals surface area contributed by atoms with E-state index in [1.165, 1.54) is 0 Å². The Balaban J connectivity index is 2.35. The molecule has 1 aromatic carbocycles. The minimum Gasteiger partial charge on any atom is -0.496 e. The summed E-state index contributed by atoms with van der Waals surface area (Å²) in [5.74, 6) is 1.89. The van der Waals surface area contributed by atoms with Gasteiger partial charge in [-0.3, -0.25) is 0 Å². The fourth-order valence-corrected chi connectivity index (χ4v) is 2.81. The number of aromatic nitrogens is 2. The third-order valence-corrected chi connectivity index (χ3v) is 3.54. The van der Waals surface area contributed by atoms with Gasteiger partial charge in [-0.2, -0.15) is 0 Å². The molecule has 0 aliphatic heterocycles. The van der Waals surface area contributed by atoms with Crippen LogP contribution < -0.4 is 4.74 Å². The van der Waals surface area contributed by atoms with Crippen molar-refractivity contribution in [3.8, 4) is 5.75 Å². The minimum absolute atomic E-state index is 0.322. The van der Waals surface area contributed by atoms with Crippen LogP contribution in [0.25, 0.3) is 0 Å². The molecule has 0 saturated carbocycles. The zero-order valence-corrected chi connectivity index (χ0v) is 13.0. The first-order chi connectivity index (χ1) is 9.52. The predicted molar refractivity (Wildman–Crippen MR) is 81.7 cm³/mol. The maximum Gasteiger partial charge on any atom is 0.136 e. The van der Waals surface area contributed by atoms with E-state index in [0.717, 1.165) is 28.4 Å². The smallest absolute Gasteiger partial charge is 0.136 e. The summed E-state index contributed by atoms with van der Waals surface area (Å²) in [4.78, 5) is 9.00. The Bertz CT molecular complexity index is 588. The van der Waals surface area contributed by atoms with E-state index in [2.05, 4.69) is 23.8 Å². The normalized spacial score (nSPS) is 10.9. The van der Waals surface area contributed by atoms with Gasteiger partial charge in [-0.1, -0.05) is 43.6 Å². The van der Waals surface area contributed by atoms with Crippen molar-refractivity contribution in [3.63, 3.8) is 0 Å². The number of aryl methyl sites for hydroxylation is 1. The molecule has 20 heavy (non-hydrogen) atoms. The van der Waals surface area contributed by atoms with Crippen LogP contribution in [0.4, 0.5) is 0 Å². The van der Waals surface area contributed by atoms with Crippen LogP contribution in [0.1, 0.15) is 42.4 Å². The van der Waals surface area contributed by atoms with E-state index >= 15 is 0 Å². The highest BCUT2D eigenvalue weighted by Gasteiger charge is 2.14. The summed E-state index contributed by atoms with van der Waals surface area (Å²) in [7, 11) is 1.67. The summed E-state index contributed by atoms with van der Waals surface area (Å²) >= 11 is 6.29. The summed E-state index contributed by atoms with van der Waals surface area (Å²) < 4.78 is 5.35. The molecule has 0 bridgehead atoms. The highest BCUT2D eigenvalue weighted by atomic mass is 35.5. The van der Waals surface area contributed by atoms with E-state index in [9.17, 15) is 0 Å². The molecule has 0 saturated heterocycles. The number of halogens is 1. The lowest BCUT2D eigenvalue weighted by Crippen LogP contribution is -2.05. The van der Waals surface area contributed by atoms with Crippen molar-refractivity contribution in [2.24, 2.45) is 0 Å². The topological polar surface area (TPSA) is 35.0 Å². The second-order valence-electron chi connectivity index (χ2n) is 5.07. The number of benzene rings is 1. The zero-order chi connectivity index (χ0) is 14.7. The van der Waals surface area contributed by atoms with Gasteiger partial charge >= 0.3 is 0 Å². The molecule has 1 heterocycles. The van der Waals surface area contributed by atoms with E-state index in [4.69, 9.17) is 16.3 Å². The monoisotopic (exact) mass is 290 g/mol. The summed E-state index contributed by atoms with van der Waals surface area (Å²) in [5, 5.41) is 0.553. The van der Waals surface area contributed by atoms with Crippen molar-refractivity contribution < 1.29 is 4.74 Å². The fraction of sp³-hybridized carbons (Fsp3) is 0.375. The van der Waals surface area contributed by atoms with Crippen LogP contribution >= 0.6 is 11.6 Å². The van der Waals surface area contributed by atoms with Gasteiger partial charge in [-0.05, 0) is 18.9 Å². The molecule has 0 fully saturated rings. The third-order valence-electron chi connectivity index (χ3n) is 3.25. The van der Waals surface area contributed by atoms with Crippen LogP contribution in [0.3, 0.4) is 0 Å². The van der Waals surface area contributed by atoms with E-state index in [0.29, 0.717) is 17.5 Å². The van der Waals surface area contributed by atoms with Gasteiger partial charge in [0.05, 0.1) is 7.11 Å². The van der Waals surface area contributed by atoms with Gasteiger partial charge in [0, 0.05) is 23.2 Å². The quantitative estimate of drug-likeness (QED) is 0.793. The van der Waals surface area contributed by atoms with Crippen molar-refractivity contribution in [3.05, 3.63) is 52.1 Å². The Morgan fingerprint density at radius 1 is 1.20 bits per heavy atom. The van der Waals surface area contributed by atoms with Crippen LogP contribution in [-0.2, 0) is 6.42 Å². The van der Waals surface area contributed by atoms with Crippen molar-refractivity contribution in [2.45, 2.75) is 33.1 Å². The summed E-state index contributed by atoms with van der Waals surface area (Å²) in [6.07, 6.45) is 0.614. The second kappa shape index (κ2) is 6.23. The van der Waals surface area contributed by atoms with Crippen LogP contribution in [0.15, 0.2) is 24.3 Å². The lowest BCUT2D eigenvalue weighted by molar-refractivity contribution is 0.410. The number of para-hydroxylation sites is 1. The van der Waals surface area contributed by atoms with E-state index in [1.54, 1.807) is 7.11 Å². The number of methoxy groups -OCH3 is 1. The molecule has 0 radical (unpaired) electrons. The molecular weight excluding hydrogens is 272 g/mol. The summed E-state index contributed by atoms with van der Waals surface area (Å²) in [6.45, 7) is 6.17. The molecule has 0 spiro atoms. The first kappa shape index (κ1) is 14.8. The molecule has 3 nitrogen and oxygen atoms in total. The number of ether oxygens (including phenoxy) is 1. The number of hydrogen-bond acceptors (Lipinski definition) is 3. The van der Waals surface area contributed by atoms with Gasteiger partial charge in [0.2, 0.25) is 0 Å². The molecule has 106 valence electrons. The van der Waals surface area contributed by atoms with E-state index in [-0.39, 0.29) is 0 Å². The molecule has 0 aliphatic carbocycles. The van der Waals surface area contributed by atoms with Crippen molar-refractivity contribution in [2.75, 3.05) is 7.11 Å². The van der Waals surface area contributed by atoms with Crippen LogP contribution in [-0.4, -0.2) is 17.1 Å². The Morgan fingerprint density at radius 2 is 1.90 bits per heavy atom. The Hall–Kier alpha value is -1.61. The van der Waals surface area contributed by atoms with Crippen LogP contribution in [0.5, 0.6) is 5.75 Å². The Kier molecular flexibility index (Phi) is 4.61. The fourth-order valence-electron chi connectivity index (χ4n) is 2.36. The Labute approximate surface area is 125 Å². The molecule has 1 aromatic heterocycles. The van der Waals surface area contributed by atoms with Crippen LogP contribution in [0.2, 0.25) is 5.15 Å². The summed E-state index contributed by atoms with van der Waals surface area (Å²) in [5.41, 5.74) is 3.03. The molecule has 0 atom stereocenters. The molecule has 4 heteroatoms. The van der Waals surface area contributed by atoms with Gasteiger partial charge in [0.25, 0.3) is 0 Å². The highest BCUT2D eigenvalue weighted by molar-refractivity contribution is 6.30. The molecule has 0 unspecified atom stereocenters. The standard InChI is InChI=1S/C16H19ClN2O/c1-10(2)15-11(3)18-14(19-16(15)17)9-12-7-5-6-8-13(12)20-4/h5-8,10H,9H2,1-4H3. The molecular formula is C16H19ClN2O. The maximum absolute atomic E-state index is 6.29. The second-order valence-corrected chi connectivity index (χ2v) is 5.43. The van der Waals surface area contributed by atoms with E-state index in [1.807, 2.05) is 31.2 Å². The SMILES string of the molecule is COc1ccccc1Cc1nc(C)c(C(C)C)c(Cl)n1. The number of nitrogens with zero attached hydrogens (tertiary/aromatic N) is 2. The van der Waals surface area contributed by atoms with Gasteiger partial charge < -0.3 is 4.74 Å². The average molecular weight is 291 g/mol. The molecule has 2 rings (SSSR count). The number of hydrogen-bond donors (Lipinski definition) is 0. The first-order valence-corrected chi connectivity index (χ1v) is 7.05. The van der Waals surface area contributed by atoms with Gasteiger partial charge in [0.1, 0.15) is 16.7 Å². The maximum atomic E-state index is 6.29. The van der Waals surface area contributed by atoms with Gasteiger partial charge in [-0.15, -0.1) is 0 Å². The third kappa shape index (κ3) is 3.10. The largest absolute Gasteiger partial charge is 0.496 e. The molecule has 0 amide bonds. The van der Waals surface area contributed by atoms with Crippen molar-refractivity contribution in [1.82, 2.24) is 9.97 Å². The predicted octanol–water partition coefficient (Wildman–Crippen LogP) is 4.16.